The Morgan fingerprint density at radius 1 is 1.08 bits per heavy atom. The van der Waals surface area contributed by atoms with E-state index in [4.69, 9.17) is 11.6 Å². The average molecular weight is 405 g/mol. The van der Waals surface area contributed by atoms with Gasteiger partial charge in [0.15, 0.2) is 0 Å². The lowest BCUT2D eigenvalue weighted by atomic mass is 10.2. The van der Waals surface area contributed by atoms with E-state index >= 15 is 0 Å². The molecule has 3 aromatic rings. The fourth-order valence-electron chi connectivity index (χ4n) is 2.42. The zero-order chi connectivity index (χ0) is 18.7. The Bertz CT molecular complexity index is 962. The molecule has 0 bridgehead atoms. The van der Waals surface area contributed by atoms with Gasteiger partial charge in [0.25, 0.3) is 11.8 Å². The quantitative estimate of drug-likeness (QED) is 0.609. The highest BCUT2D eigenvalue weighted by Crippen LogP contribution is 2.28. The molecule has 7 heteroatoms. The molecular weight excluding hydrogens is 388 g/mol. The Labute approximate surface area is 164 Å². The van der Waals surface area contributed by atoms with Gasteiger partial charge in [-0.15, -0.1) is 22.7 Å². The molecule has 0 radical (unpaired) electrons. The van der Waals surface area contributed by atoms with E-state index in [1.807, 2.05) is 25.3 Å². The molecule has 1 aromatic carbocycles. The van der Waals surface area contributed by atoms with Crippen molar-refractivity contribution in [3.8, 4) is 0 Å². The van der Waals surface area contributed by atoms with E-state index in [1.165, 1.54) is 16.9 Å². The van der Waals surface area contributed by atoms with Gasteiger partial charge >= 0.3 is 0 Å². The van der Waals surface area contributed by atoms with Gasteiger partial charge in [-0.25, -0.2) is 0 Å². The second-order valence-corrected chi connectivity index (χ2v) is 8.23. The van der Waals surface area contributed by atoms with Crippen LogP contribution in [0.3, 0.4) is 0 Å². The van der Waals surface area contributed by atoms with Crippen LogP contribution in [0.2, 0.25) is 5.02 Å². The van der Waals surface area contributed by atoms with E-state index in [2.05, 4.69) is 10.6 Å². The standard InChI is InChI=1S/C19H17ClN2O2S2/c1-11-7-8-25-15(11)10-21-19(24)17-12(2)9-16(26-17)22-18(23)13-5-3-4-6-14(13)20/h3-9H,10H2,1-2H3,(H,21,24)(H,22,23). The van der Waals surface area contributed by atoms with Gasteiger partial charge in [0, 0.05) is 4.88 Å². The van der Waals surface area contributed by atoms with Crippen LogP contribution < -0.4 is 10.6 Å². The maximum atomic E-state index is 12.5. The first kappa shape index (κ1) is 18.6. The number of amides is 2. The number of carbonyl (C=O) groups is 2. The number of halogens is 1. The molecule has 134 valence electrons. The Morgan fingerprint density at radius 3 is 2.54 bits per heavy atom. The number of aryl methyl sites for hydroxylation is 2. The molecule has 0 unspecified atom stereocenters. The molecule has 0 aliphatic heterocycles. The first-order chi connectivity index (χ1) is 12.5. The lowest BCUT2D eigenvalue weighted by Gasteiger charge is -2.04. The van der Waals surface area contributed by atoms with Crippen molar-refractivity contribution < 1.29 is 9.59 Å². The SMILES string of the molecule is Cc1ccsc1CNC(=O)c1sc(NC(=O)c2ccccc2Cl)cc1C. The maximum absolute atomic E-state index is 12.5. The van der Waals surface area contributed by atoms with Crippen LogP contribution in [0.25, 0.3) is 0 Å². The topological polar surface area (TPSA) is 58.2 Å². The number of hydrogen-bond acceptors (Lipinski definition) is 4. The van der Waals surface area contributed by atoms with Gasteiger partial charge in [0.05, 0.1) is 27.0 Å². The fourth-order valence-corrected chi connectivity index (χ4v) is 4.47. The van der Waals surface area contributed by atoms with Crippen molar-refractivity contribution in [1.82, 2.24) is 5.32 Å². The van der Waals surface area contributed by atoms with Gasteiger partial charge < -0.3 is 10.6 Å². The zero-order valence-corrected chi connectivity index (χ0v) is 16.6. The molecule has 2 amide bonds. The van der Waals surface area contributed by atoms with Crippen molar-refractivity contribution in [2.75, 3.05) is 5.32 Å². The first-order valence-corrected chi connectivity index (χ1v) is 10.0. The summed E-state index contributed by atoms with van der Waals surface area (Å²) in [6, 6.07) is 10.7. The molecule has 26 heavy (non-hydrogen) atoms. The summed E-state index contributed by atoms with van der Waals surface area (Å²) in [6.07, 6.45) is 0. The molecule has 0 aliphatic carbocycles. The number of benzene rings is 1. The predicted octanol–water partition coefficient (Wildman–Crippen LogP) is 5.26. The maximum Gasteiger partial charge on any atom is 0.261 e. The summed E-state index contributed by atoms with van der Waals surface area (Å²) in [7, 11) is 0. The van der Waals surface area contributed by atoms with Crippen molar-refractivity contribution in [2.24, 2.45) is 0 Å². The Morgan fingerprint density at radius 2 is 1.85 bits per heavy atom. The average Bonchev–Trinajstić information content (AvgIpc) is 3.18. The van der Waals surface area contributed by atoms with Crippen molar-refractivity contribution in [2.45, 2.75) is 20.4 Å². The first-order valence-electron chi connectivity index (χ1n) is 7.93. The van der Waals surface area contributed by atoms with E-state index in [9.17, 15) is 9.59 Å². The summed E-state index contributed by atoms with van der Waals surface area (Å²) in [6.45, 7) is 4.38. The van der Waals surface area contributed by atoms with Gasteiger partial charge in [-0.3, -0.25) is 9.59 Å². The third-order valence-electron chi connectivity index (χ3n) is 3.86. The lowest BCUT2D eigenvalue weighted by molar-refractivity contribution is 0.0953. The molecular formula is C19H17ClN2O2S2. The van der Waals surface area contributed by atoms with Crippen LogP contribution in [0.1, 0.15) is 36.0 Å². The number of carbonyl (C=O) groups excluding carboxylic acids is 2. The number of nitrogens with one attached hydrogen (secondary N) is 2. The monoisotopic (exact) mass is 404 g/mol. The minimum Gasteiger partial charge on any atom is -0.346 e. The van der Waals surface area contributed by atoms with Crippen LogP contribution in [0.5, 0.6) is 0 Å². The second-order valence-electron chi connectivity index (χ2n) is 5.77. The van der Waals surface area contributed by atoms with Crippen LogP contribution in [0.4, 0.5) is 5.00 Å². The molecule has 0 saturated heterocycles. The zero-order valence-electron chi connectivity index (χ0n) is 14.3. The van der Waals surface area contributed by atoms with Crippen LogP contribution in [-0.4, -0.2) is 11.8 Å². The van der Waals surface area contributed by atoms with Crippen LogP contribution in [0.15, 0.2) is 41.8 Å². The van der Waals surface area contributed by atoms with Gasteiger partial charge in [-0.05, 0) is 54.6 Å². The molecule has 2 heterocycles. The van der Waals surface area contributed by atoms with Crippen LogP contribution in [-0.2, 0) is 6.54 Å². The van der Waals surface area contributed by atoms with Gasteiger partial charge in [-0.1, -0.05) is 23.7 Å². The van der Waals surface area contributed by atoms with Gasteiger partial charge in [0.1, 0.15) is 0 Å². The van der Waals surface area contributed by atoms with Gasteiger partial charge in [0.2, 0.25) is 0 Å². The minimum absolute atomic E-state index is 0.140. The van der Waals surface area contributed by atoms with E-state index in [0.717, 1.165) is 10.4 Å². The van der Waals surface area contributed by atoms with Crippen molar-refractivity contribution >= 4 is 51.1 Å². The van der Waals surface area contributed by atoms with Crippen molar-refractivity contribution in [3.05, 3.63) is 73.2 Å². The lowest BCUT2D eigenvalue weighted by Crippen LogP contribution is -2.22. The molecule has 2 N–H and O–H groups in total. The Hall–Kier alpha value is -2.15. The molecule has 0 saturated carbocycles. The number of anilines is 1. The largest absolute Gasteiger partial charge is 0.346 e. The van der Waals surface area contributed by atoms with Crippen molar-refractivity contribution in [1.29, 1.82) is 0 Å². The molecule has 0 spiro atoms. The predicted molar refractivity (Wildman–Crippen MR) is 109 cm³/mol. The third-order valence-corrected chi connectivity index (χ3v) is 6.36. The summed E-state index contributed by atoms with van der Waals surface area (Å²) in [5, 5.41) is 8.77. The highest BCUT2D eigenvalue weighted by atomic mass is 35.5. The highest BCUT2D eigenvalue weighted by molar-refractivity contribution is 7.18. The summed E-state index contributed by atoms with van der Waals surface area (Å²) >= 11 is 8.93. The highest BCUT2D eigenvalue weighted by Gasteiger charge is 2.16. The summed E-state index contributed by atoms with van der Waals surface area (Å²) in [5.74, 6) is -0.434. The van der Waals surface area contributed by atoms with E-state index in [-0.39, 0.29) is 11.8 Å². The molecule has 2 aromatic heterocycles. The molecule has 0 atom stereocenters. The van der Waals surface area contributed by atoms with Gasteiger partial charge in [-0.2, -0.15) is 0 Å². The number of hydrogen-bond donors (Lipinski definition) is 2. The summed E-state index contributed by atoms with van der Waals surface area (Å²) in [5.41, 5.74) is 2.40. The van der Waals surface area contributed by atoms with Crippen molar-refractivity contribution in [3.63, 3.8) is 0 Å². The molecule has 3 rings (SSSR count). The number of rotatable bonds is 5. The summed E-state index contributed by atoms with van der Waals surface area (Å²) < 4.78 is 0. The van der Waals surface area contributed by atoms with Crippen LogP contribution >= 0.6 is 34.3 Å². The molecule has 0 fully saturated rings. The van der Waals surface area contributed by atoms with E-state index < -0.39 is 0 Å². The smallest absolute Gasteiger partial charge is 0.261 e. The molecule has 4 nitrogen and oxygen atoms in total. The summed E-state index contributed by atoms with van der Waals surface area (Å²) in [4.78, 5) is 26.6. The third kappa shape index (κ3) is 4.15. The number of thiophene rings is 2. The normalized spacial score (nSPS) is 10.6. The van der Waals surface area contributed by atoms with E-state index in [0.29, 0.717) is 27.0 Å². The minimum atomic E-state index is -0.294. The second kappa shape index (κ2) is 8.03. The van der Waals surface area contributed by atoms with Crippen LogP contribution in [0, 0.1) is 13.8 Å². The Balaban J connectivity index is 1.68. The fraction of sp³-hybridized carbons (Fsp3) is 0.158. The Kier molecular flexibility index (Phi) is 5.76. The molecule has 0 aliphatic rings. The van der Waals surface area contributed by atoms with E-state index in [1.54, 1.807) is 41.7 Å².